The molecule has 27 heavy (non-hydrogen) atoms. The predicted molar refractivity (Wildman–Crippen MR) is 103 cm³/mol. The lowest BCUT2D eigenvalue weighted by molar-refractivity contribution is -0.140. The minimum atomic E-state index is -0.355. The van der Waals surface area contributed by atoms with Gasteiger partial charge in [0.15, 0.2) is 0 Å². The number of likely N-dealkylation sites (tertiary alicyclic amines) is 1. The summed E-state index contributed by atoms with van der Waals surface area (Å²) in [6.45, 7) is 12.5. The molecule has 2 atom stereocenters. The average molecular weight is 377 g/mol. The number of nitrogens with zero attached hydrogens (tertiary/aromatic N) is 3. The first kappa shape index (κ1) is 19.9. The Balaban J connectivity index is 1.67. The summed E-state index contributed by atoms with van der Waals surface area (Å²) in [5.74, 6) is 0.443. The van der Waals surface area contributed by atoms with Gasteiger partial charge in [-0.15, -0.1) is 0 Å². The standard InChI is InChI=1S/C20H32N4O3/c1-13-11-24(12-14(2)27-13)18(25)16-10-21-22-17(16)15-6-8-23(9-7-15)19(26)20(3,4)5/h10,13-15H,6-9,11-12H2,1-5H3,(H,21,22)/t13-,14+. The molecule has 1 N–H and O–H groups in total. The fourth-order valence-corrected chi connectivity index (χ4v) is 4.14. The Kier molecular flexibility index (Phi) is 5.60. The highest BCUT2D eigenvalue weighted by atomic mass is 16.5. The average Bonchev–Trinajstić information content (AvgIpc) is 3.08. The number of aromatic amines is 1. The molecule has 150 valence electrons. The quantitative estimate of drug-likeness (QED) is 0.860. The van der Waals surface area contributed by atoms with Crippen LogP contribution in [-0.2, 0) is 9.53 Å². The SMILES string of the molecule is C[C@@H]1CN(C(=O)c2cn[nH]c2C2CCN(C(=O)C(C)(C)C)CC2)C[C@H](C)O1. The van der Waals surface area contributed by atoms with Gasteiger partial charge in [0.2, 0.25) is 5.91 Å². The van der Waals surface area contributed by atoms with E-state index in [4.69, 9.17) is 4.74 Å². The minimum Gasteiger partial charge on any atom is -0.372 e. The molecule has 3 rings (SSSR count). The van der Waals surface area contributed by atoms with Gasteiger partial charge >= 0.3 is 0 Å². The van der Waals surface area contributed by atoms with Crippen molar-refractivity contribution in [3.63, 3.8) is 0 Å². The van der Waals surface area contributed by atoms with Crippen molar-refractivity contribution in [2.24, 2.45) is 5.41 Å². The zero-order chi connectivity index (χ0) is 19.8. The zero-order valence-corrected chi connectivity index (χ0v) is 17.1. The van der Waals surface area contributed by atoms with E-state index in [2.05, 4.69) is 10.2 Å². The molecule has 3 heterocycles. The van der Waals surface area contributed by atoms with E-state index >= 15 is 0 Å². The fourth-order valence-electron chi connectivity index (χ4n) is 4.14. The second-order valence-corrected chi connectivity index (χ2v) is 8.98. The Hall–Kier alpha value is -1.89. The van der Waals surface area contributed by atoms with Crippen molar-refractivity contribution in [3.8, 4) is 0 Å². The van der Waals surface area contributed by atoms with Crippen molar-refractivity contribution in [2.45, 2.75) is 65.6 Å². The van der Waals surface area contributed by atoms with Crippen molar-refractivity contribution < 1.29 is 14.3 Å². The van der Waals surface area contributed by atoms with Gasteiger partial charge in [-0.1, -0.05) is 20.8 Å². The molecule has 0 aliphatic carbocycles. The van der Waals surface area contributed by atoms with E-state index in [0.717, 1.165) is 31.6 Å². The lowest BCUT2D eigenvalue weighted by Gasteiger charge is -2.37. The normalized spacial score (nSPS) is 24.9. The maximum Gasteiger partial charge on any atom is 0.257 e. The maximum absolute atomic E-state index is 13.1. The lowest BCUT2D eigenvalue weighted by Crippen LogP contribution is -2.48. The summed E-state index contributed by atoms with van der Waals surface area (Å²) in [7, 11) is 0. The van der Waals surface area contributed by atoms with Crippen molar-refractivity contribution in [3.05, 3.63) is 17.5 Å². The highest BCUT2D eigenvalue weighted by Crippen LogP contribution is 2.31. The number of H-pyrrole nitrogens is 1. The third-order valence-electron chi connectivity index (χ3n) is 5.44. The van der Waals surface area contributed by atoms with E-state index in [1.165, 1.54) is 0 Å². The Bertz CT molecular complexity index is 676. The van der Waals surface area contributed by atoms with Crippen LogP contribution in [0.3, 0.4) is 0 Å². The zero-order valence-electron chi connectivity index (χ0n) is 17.1. The maximum atomic E-state index is 13.1. The van der Waals surface area contributed by atoms with E-state index in [1.807, 2.05) is 44.4 Å². The van der Waals surface area contributed by atoms with Gasteiger partial charge in [-0.2, -0.15) is 5.10 Å². The molecule has 0 saturated carbocycles. The molecule has 7 nitrogen and oxygen atoms in total. The Morgan fingerprint density at radius 3 is 2.26 bits per heavy atom. The monoisotopic (exact) mass is 376 g/mol. The van der Waals surface area contributed by atoms with Gasteiger partial charge in [-0.3, -0.25) is 14.7 Å². The van der Waals surface area contributed by atoms with Crippen molar-refractivity contribution in [1.82, 2.24) is 20.0 Å². The highest BCUT2D eigenvalue weighted by molar-refractivity contribution is 5.95. The number of carbonyl (C=O) groups excluding carboxylic acids is 2. The van der Waals surface area contributed by atoms with Gasteiger partial charge in [-0.25, -0.2) is 0 Å². The Morgan fingerprint density at radius 1 is 1.11 bits per heavy atom. The topological polar surface area (TPSA) is 78.5 Å². The Morgan fingerprint density at radius 2 is 1.70 bits per heavy atom. The van der Waals surface area contributed by atoms with E-state index < -0.39 is 0 Å². The number of amides is 2. The van der Waals surface area contributed by atoms with Crippen LogP contribution in [0.15, 0.2) is 6.20 Å². The number of rotatable bonds is 2. The van der Waals surface area contributed by atoms with Crippen LogP contribution in [0.25, 0.3) is 0 Å². The van der Waals surface area contributed by atoms with Crippen LogP contribution >= 0.6 is 0 Å². The lowest BCUT2D eigenvalue weighted by atomic mass is 9.88. The minimum absolute atomic E-state index is 0.0222. The van der Waals surface area contributed by atoms with Gasteiger partial charge in [-0.05, 0) is 26.7 Å². The number of carbonyl (C=O) groups is 2. The molecule has 0 unspecified atom stereocenters. The molecule has 2 saturated heterocycles. The molecule has 0 spiro atoms. The number of morpholine rings is 1. The fraction of sp³-hybridized carbons (Fsp3) is 0.750. The van der Waals surface area contributed by atoms with E-state index in [-0.39, 0.29) is 35.4 Å². The van der Waals surface area contributed by atoms with Gasteiger partial charge in [0.25, 0.3) is 5.91 Å². The molecule has 2 amide bonds. The first-order chi connectivity index (χ1) is 12.7. The smallest absolute Gasteiger partial charge is 0.257 e. The van der Waals surface area contributed by atoms with E-state index in [0.29, 0.717) is 18.7 Å². The van der Waals surface area contributed by atoms with Gasteiger partial charge in [0.05, 0.1) is 29.7 Å². The molecule has 0 radical (unpaired) electrons. The van der Waals surface area contributed by atoms with Crippen molar-refractivity contribution in [2.75, 3.05) is 26.2 Å². The molecule has 0 aromatic carbocycles. The largest absolute Gasteiger partial charge is 0.372 e. The van der Waals surface area contributed by atoms with Crippen LogP contribution in [0.2, 0.25) is 0 Å². The number of piperidine rings is 1. The molecule has 7 heteroatoms. The summed E-state index contributed by atoms with van der Waals surface area (Å²) >= 11 is 0. The highest BCUT2D eigenvalue weighted by Gasteiger charge is 2.34. The van der Waals surface area contributed by atoms with E-state index in [9.17, 15) is 9.59 Å². The van der Waals surface area contributed by atoms with Gasteiger partial charge in [0, 0.05) is 37.5 Å². The van der Waals surface area contributed by atoms with Crippen LogP contribution in [0, 0.1) is 5.41 Å². The second-order valence-electron chi connectivity index (χ2n) is 8.98. The van der Waals surface area contributed by atoms with Crippen LogP contribution in [-0.4, -0.2) is 70.2 Å². The molecule has 2 aliphatic heterocycles. The number of nitrogens with one attached hydrogen (secondary N) is 1. The molecule has 2 aliphatic rings. The summed E-state index contributed by atoms with van der Waals surface area (Å²) in [6, 6.07) is 0. The van der Waals surface area contributed by atoms with Gasteiger partial charge in [0.1, 0.15) is 0 Å². The third-order valence-corrected chi connectivity index (χ3v) is 5.44. The molecular weight excluding hydrogens is 344 g/mol. The van der Waals surface area contributed by atoms with Crippen LogP contribution < -0.4 is 0 Å². The number of aromatic nitrogens is 2. The van der Waals surface area contributed by atoms with E-state index in [1.54, 1.807) is 6.20 Å². The first-order valence-electron chi connectivity index (χ1n) is 9.94. The molecular formula is C20H32N4O3. The molecule has 0 bridgehead atoms. The van der Waals surface area contributed by atoms with Crippen LogP contribution in [0.5, 0.6) is 0 Å². The third kappa shape index (κ3) is 4.34. The van der Waals surface area contributed by atoms with Gasteiger partial charge < -0.3 is 14.5 Å². The molecule has 1 aromatic heterocycles. The summed E-state index contributed by atoms with van der Waals surface area (Å²) in [6.07, 6.45) is 3.43. The number of hydrogen-bond acceptors (Lipinski definition) is 4. The summed E-state index contributed by atoms with van der Waals surface area (Å²) in [4.78, 5) is 29.4. The van der Waals surface area contributed by atoms with Crippen molar-refractivity contribution >= 4 is 11.8 Å². The molecule has 2 fully saturated rings. The number of ether oxygens (including phenoxy) is 1. The second kappa shape index (κ2) is 7.62. The predicted octanol–water partition coefficient (Wildman–Crippen LogP) is 2.41. The summed E-state index contributed by atoms with van der Waals surface area (Å²) in [5, 5.41) is 7.22. The summed E-state index contributed by atoms with van der Waals surface area (Å²) in [5.41, 5.74) is 1.22. The van der Waals surface area contributed by atoms with Crippen LogP contribution in [0.1, 0.15) is 69.4 Å². The first-order valence-corrected chi connectivity index (χ1v) is 9.94. The number of hydrogen-bond donors (Lipinski definition) is 1. The van der Waals surface area contributed by atoms with Crippen molar-refractivity contribution in [1.29, 1.82) is 0 Å². The molecule has 1 aromatic rings. The Labute approximate surface area is 161 Å². The van der Waals surface area contributed by atoms with Crippen LogP contribution in [0.4, 0.5) is 0 Å². The summed E-state index contributed by atoms with van der Waals surface area (Å²) < 4.78 is 5.74.